The molecule has 4 heteroatoms. The highest BCUT2D eigenvalue weighted by Crippen LogP contribution is 2.22. The van der Waals surface area contributed by atoms with E-state index >= 15 is 0 Å². The Labute approximate surface area is 127 Å². The lowest BCUT2D eigenvalue weighted by atomic mass is 10.1. The molecule has 0 saturated heterocycles. The van der Waals surface area contributed by atoms with E-state index in [9.17, 15) is 0 Å². The van der Waals surface area contributed by atoms with Gasteiger partial charge in [-0.1, -0.05) is 37.3 Å². The quantitative estimate of drug-likeness (QED) is 0.839. The number of hydrogen-bond acceptors (Lipinski definition) is 4. The lowest BCUT2D eigenvalue weighted by Gasteiger charge is -2.20. The van der Waals surface area contributed by atoms with E-state index in [1.165, 1.54) is 0 Å². The Hall–Kier alpha value is -2.10. The van der Waals surface area contributed by atoms with Gasteiger partial charge in [0.25, 0.3) is 0 Å². The van der Waals surface area contributed by atoms with Crippen molar-refractivity contribution in [3.05, 3.63) is 36.4 Å². The number of nitrogens with zero attached hydrogens (tertiary/aromatic N) is 3. The van der Waals surface area contributed by atoms with Crippen LogP contribution in [-0.2, 0) is 0 Å². The molecule has 0 aliphatic heterocycles. The van der Waals surface area contributed by atoms with Crippen molar-refractivity contribution in [1.29, 1.82) is 0 Å². The molecule has 1 aromatic heterocycles. The first-order valence-electron chi connectivity index (χ1n) is 7.71. The van der Waals surface area contributed by atoms with Crippen LogP contribution in [0.1, 0.15) is 27.2 Å². The van der Waals surface area contributed by atoms with Crippen LogP contribution in [0.5, 0.6) is 0 Å². The number of nitrogens with one attached hydrogen (secondary N) is 1. The van der Waals surface area contributed by atoms with Crippen molar-refractivity contribution in [2.45, 2.75) is 27.2 Å². The summed E-state index contributed by atoms with van der Waals surface area (Å²) in [5.74, 6) is 1.69. The molecule has 0 unspecified atom stereocenters. The standard InChI is InChI=1S/C17H24N4/c1-4-12-18-16-13-15(14-10-8-7-9-11-14)19-17(20-16)21(5-2)6-3/h7-11,13H,4-6,12H2,1-3H3,(H,18,19,20). The second kappa shape index (κ2) is 7.62. The average molecular weight is 284 g/mol. The Kier molecular flexibility index (Phi) is 5.55. The molecule has 0 spiro atoms. The van der Waals surface area contributed by atoms with Gasteiger partial charge in [-0.3, -0.25) is 0 Å². The van der Waals surface area contributed by atoms with Crippen molar-refractivity contribution in [3.63, 3.8) is 0 Å². The van der Waals surface area contributed by atoms with Gasteiger partial charge in [0.2, 0.25) is 5.95 Å². The van der Waals surface area contributed by atoms with E-state index in [0.29, 0.717) is 0 Å². The van der Waals surface area contributed by atoms with Crippen molar-refractivity contribution in [3.8, 4) is 11.3 Å². The van der Waals surface area contributed by atoms with Gasteiger partial charge in [0.05, 0.1) is 5.69 Å². The molecule has 0 atom stereocenters. The predicted octanol–water partition coefficient (Wildman–Crippen LogP) is 3.81. The summed E-state index contributed by atoms with van der Waals surface area (Å²) in [7, 11) is 0. The van der Waals surface area contributed by atoms with Gasteiger partial charge in [-0.25, -0.2) is 4.98 Å². The number of anilines is 2. The smallest absolute Gasteiger partial charge is 0.227 e. The topological polar surface area (TPSA) is 41.1 Å². The van der Waals surface area contributed by atoms with Crippen LogP contribution >= 0.6 is 0 Å². The first-order chi connectivity index (χ1) is 10.3. The lowest BCUT2D eigenvalue weighted by molar-refractivity contribution is 0.821. The maximum absolute atomic E-state index is 4.73. The molecule has 2 rings (SSSR count). The van der Waals surface area contributed by atoms with Crippen LogP contribution in [0.4, 0.5) is 11.8 Å². The van der Waals surface area contributed by atoms with Gasteiger partial charge in [0.1, 0.15) is 5.82 Å². The van der Waals surface area contributed by atoms with E-state index in [-0.39, 0.29) is 0 Å². The maximum atomic E-state index is 4.73. The first-order valence-corrected chi connectivity index (χ1v) is 7.71. The highest BCUT2D eigenvalue weighted by atomic mass is 15.3. The van der Waals surface area contributed by atoms with Crippen LogP contribution in [0.3, 0.4) is 0 Å². The fourth-order valence-electron chi connectivity index (χ4n) is 2.18. The van der Waals surface area contributed by atoms with E-state index in [0.717, 1.165) is 49.1 Å². The summed E-state index contributed by atoms with van der Waals surface area (Å²) in [6.45, 7) is 9.13. The highest BCUT2D eigenvalue weighted by molar-refractivity contribution is 5.64. The van der Waals surface area contributed by atoms with Gasteiger partial charge in [-0.15, -0.1) is 0 Å². The number of aromatic nitrogens is 2. The van der Waals surface area contributed by atoms with E-state index in [4.69, 9.17) is 4.98 Å². The molecular formula is C17H24N4. The first kappa shape index (κ1) is 15.3. The fraction of sp³-hybridized carbons (Fsp3) is 0.412. The van der Waals surface area contributed by atoms with Crippen LogP contribution in [0.15, 0.2) is 36.4 Å². The third-order valence-electron chi connectivity index (χ3n) is 3.39. The molecule has 1 aromatic carbocycles. The van der Waals surface area contributed by atoms with Gasteiger partial charge < -0.3 is 10.2 Å². The summed E-state index contributed by atoms with van der Waals surface area (Å²) in [5, 5.41) is 3.37. The zero-order chi connectivity index (χ0) is 15.1. The summed E-state index contributed by atoms with van der Waals surface area (Å²) in [5.41, 5.74) is 2.08. The Morgan fingerprint density at radius 1 is 1.00 bits per heavy atom. The predicted molar refractivity (Wildman–Crippen MR) is 89.8 cm³/mol. The summed E-state index contributed by atoms with van der Waals surface area (Å²) in [4.78, 5) is 11.5. The van der Waals surface area contributed by atoms with Gasteiger partial charge in [0.15, 0.2) is 0 Å². The van der Waals surface area contributed by atoms with Crippen LogP contribution in [0, 0.1) is 0 Å². The molecule has 0 amide bonds. The normalized spacial score (nSPS) is 10.4. The van der Waals surface area contributed by atoms with Gasteiger partial charge >= 0.3 is 0 Å². The number of benzene rings is 1. The Morgan fingerprint density at radius 3 is 2.33 bits per heavy atom. The van der Waals surface area contributed by atoms with Crippen molar-refractivity contribution < 1.29 is 0 Å². The van der Waals surface area contributed by atoms with Crippen molar-refractivity contribution >= 4 is 11.8 Å². The lowest BCUT2D eigenvalue weighted by Crippen LogP contribution is -2.24. The molecule has 1 N–H and O–H groups in total. The van der Waals surface area contributed by atoms with Crippen LogP contribution < -0.4 is 10.2 Å². The summed E-state index contributed by atoms with van der Waals surface area (Å²) in [6.07, 6.45) is 1.07. The highest BCUT2D eigenvalue weighted by Gasteiger charge is 2.10. The minimum absolute atomic E-state index is 0.792. The summed E-state index contributed by atoms with van der Waals surface area (Å²) < 4.78 is 0. The Bertz CT molecular complexity index is 550. The van der Waals surface area contributed by atoms with E-state index in [1.807, 2.05) is 24.3 Å². The molecule has 4 nitrogen and oxygen atoms in total. The third kappa shape index (κ3) is 3.94. The van der Waals surface area contributed by atoms with Gasteiger partial charge in [0, 0.05) is 31.3 Å². The van der Waals surface area contributed by atoms with E-state index in [1.54, 1.807) is 0 Å². The van der Waals surface area contributed by atoms with Crippen LogP contribution in [0.25, 0.3) is 11.3 Å². The molecule has 1 heterocycles. The van der Waals surface area contributed by atoms with Crippen molar-refractivity contribution in [2.75, 3.05) is 29.9 Å². The molecule has 0 aliphatic carbocycles. The van der Waals surface area contributed by atoms with Crippen molar-refractivity contribution in [1.82, 2.24) is 9.97 Å². The molecule has 21 heavy (non-hydrogen) atoms. The van der Waals surface area contributed by atoms with Crippen LogP contribution in [-0.4, -0.2) is 29.6 Å². The van der Waals surface area contributed by atoms with Gasteiger partial charge in [-0.2, -0.15) is 4.98 Å². The zero-order valence-corrected chi connectivity index (χ0v) is 13.1. The number of rotatable bonds is 7. The minimum atomic E-state index is 0.792. The van der Waals surface area contributed by atoms with Crippen LogP contribution in [0.2, 0.25) is 0 Å². The molecular weight excluding hydrogens is 260 g/mol. The molecule has 0 aliphatic rings. The SMILES string of the molecule is CCCNc1cc(-c2ccccc2)nc(N(CC)CC)n1. The zero-order valence-electron chi connectivity index (χ0n) is 13.1. The van der Waals surface area contributed by atoms with Crippen molar-refractivity contribution in [2.24, 2.45) is 0 Å². The maximum Gasteiger partial charge on any atom is 0.227 e. The minimum Gasteiger partial charge on any atom is -0.370 e. The van der Waals surface area contributed by atoms with E-state index in [2.05, 4.69) is 48.1 Å². The largest absolute Gasteiger partial charge is 0.370 e. The molecule has 0 bridgehead atoms. The monoisotopic (exact) mass is 284 g/mol. The Morgan fingerprint density at radius 2 is 1.71 bits per heavy atom. The van der Waals surface area contributed by atoms with Gasteiger partial charge in [-0.05, 0) is 20.3 Å². The molecule has 2 aromatic rings. The summed E-state index contributed by atoms with van der Waals surface area (Å²) in [6, 6.07) is 12.3. The average Bonchev–Trinajstić information content (AvgIpc) is 2.55. The second-order valence-electron chi connectivity index (χ2n) is 4.90. The third-order valence-corrected chi connectivity index (χ3v) is 3.39. The molecule has 0 fully saturated rings. The fourth-order valence-corrected chi connectivity index (χ4v) is 2.18. The molecule has 0 radical (unpaired) electrons. The second-order valence-corrected chi connectivity index (χ2v) is 4.90. The number of hydrogen-bond donors (Lipinski definition) is 1. The summed E-state index contributed by atoms with van der Waals surface area (Å²) >= 11 is 0. The van der Waals surface area contributed by atoms with E-state index < -0.39 is 0 Å². The molecule has 0 saturated carbocycles. The molecule has 112 valence electrons. The Balaban J connectivity index is 2.41.